The molecular formula is C26H37BF2N4O5. The van der Waals surface area contributed by atoms with Gasteiger partial charge in [-0.3, -0.25) is 9.69 Å². The molecule has 2 heterocycles. The molecule has 2 amide bonds. The number of nitriles is 1. The second-order valence-corrected chi connectivity index (χ2v) is 11.2. The van der Waals surface area contributed by atoms with E-state index in [9.17, 15) is 33.7 Å². The fraction of sp³-hybridized carbons (Fsp3) is 0.654. The molecule has 0 bridgehead atoms. The number of hydrogen-bond donors (Lipinski definition) is 3. The minimum absolute atomic E-state index is 0.0364. The molecule has 4 atom stereocenters. The summed E-state index contributed by atoms with van der Waals surface area (Å²) in [5, 5.41) is 31.7. The van der Waals surface area contributed by atoms with Crippen molar-refractivity contribution in [2.45, 2.75) is 76.1 Å². The Balaban J connectivity index is 1.59. The van der Waals surface area contributed by atoms with Crippen LogP contribution in [0.15, 0.2) is 24.3 Å². The second kappa shape index (κ2) is 12.4. The Morgan fingerprint density at radius 2 is 2.00 bits per heavy atom. The van der Waals surface area contributed by atoms with Gasteiger partial charge in [-0.1, -0.05) is 12.1 Å². The van der Waals surface area contributed by atoms with Crippen molar-refractivity contribution in [1.82, 2.24) is 15.1 Å². The summed E-state index contributed by atoms with van der Waals surface area (Å²) < 4.78 is 32.3. The molecule has 208 valence electrons. The average Bonchev–Trinajstić information content (AvgIpc) is 3.48. The minimum atomic E-state index is -1.88. The molecule has 0 saturated carbocycles. The summed E-state index contributed by atoms with van der Waals surface area (Å²) in [5.41, 5.74) is -0.783. The van der Waals surface area contributed by atoms with Crippen LogP contribution in [0.3, 0.4) is 0 Å². The third-order valence-corrected chi connectivity index (χ3v) is 7.71. The van der Waals surface area contributed by atoms with Gasteiger partial charge in [-0.2, -0.15) is 5.26 Å². The van der Waals surface area contributed by atoms with E-state index in [0.717, 1.165) is 0 Å². The third kappa shape index (κ3) is 7.43. The number of halogens is 2. The van der Waals surface area contributed by atoms with Crippen molar-refractivity contribution in [1.29, 1.82) is 5.26 Å². The zero-order valence-electron chi connectivity index (χ0n) is 22.2. The molecule has 0 aromatic heterocycles. The van der Waals surface area contributed by atoms with Crippen molar-refractivity contribution in [3.63, 3.8) is 0 Å². The third-order valence-electron chi connectivity index (χ3n) is 7.71. The highest BCUT2D eigenvalue weighted by atomic mass is 19.1. The lowest BCUT2D eigenvalue weighted by atomic mass is 9.76. The number of rotatable bonds is 10. The summed E-state index contributed by atoms with van der Waals surface area (Å²) >= 11 is 0. The number of likely N-dealkylation sites (tertiary alicyclic amines) is 2. The molecule has 0 aliphatic carbocycles. The van der Waals surface area contributed by atoms with Crippen LogP contribution in [-0.4, -0.2) is 88.4 Å². The summed E-state index contributed by atoms with van der Waals surface area (Å²) in [4.78, 5) is 29.5. The van der Waals surface area contributed by atoms with Gasteiger partial charge in [0.05, 0.1) is 17.5 Å². The molecule has 3 N–H and O–H groups in total. The number of carbonyl (C=O) groups is 2. The van der Waals surface area contributed by atoms with Gasteiger partial charge >= 0.3 is 13.2 Å². The quantitative estimate of drug-likeness (QED) is 0.393. The van der Waals surface area contributed by atoms with Crippen LogP contribution in [0.2, 0.25) is 0 Å². The van der Waals surface area contributed by atoms with E-state index in [0.29, 0.717) is 37.9 Å². The second-order valence-electron chi connectivity index (χ2n) is 11.2. The molecule has 0 spiro atoms. The fourth-order valence-corrected chi connectivity index (χ4v) is 5.34. The number of alkyl halides is 1. The molecule has 12 heteroatoms. The van der Waals surface area contributed by atoms with Gasteiger partial charge in [-0.15, -0.1) is 0 Å². The molecule has 0 radical (unpaired) electrons. The summed E-state index contributed by atoms with van der Waals surface area (Å²) in [5.74, 6) is -2.81. The predicted molar refractivity (Wildman–Crippen MR) is 137 cm³/mol. The smallest absolute Gasteiger partial charge is 0.447 e. The number of alkyl carbamates (subject to hydrolysis) is 1. The normalized spacial score (nSPS) is 23.5. The zero-order valence-corrected chi connectivity index (χ0v) is 22.2. The van der Waals surface area contributed by atoms with Gasteiger partial charge in [0.2, 0.25) is 5.91 Å². The van der Waals surface area contributed by atoms with E-state index in [1.165, 1.54) is 24.3 Å². The Hall–Kier alpha value is -2.75. The number of nitrogens with zero attached hydrogens (tertiary/aromatic N) is 3. The van der Waals surface area contributed by atoms with Crippen molar-refractivity contribution in [3.05, 3.63) is 35.6 Å². The van der Waals surface area contributed by atoms with Gasteiger partial charge < -0.3 is 25.0 Å². The van der Waals surface area contributed by atoms with Crippen molar-refractivity contribution >= 4 is 19.1 Å². The fourth-order valence-electron chi connectivity index (χ4n) is 5.34. The highest BCUT2D eigenvalue weighted by molar-refractivity contribution is 6.43. The molecule has 38 heavy (non-hydrogen) atoms. The van der Waals surface area contributed by atoms with Crippen molar-refractivity contribution in [2.24, 2.45) is 5.92 Å². The first kappa shape index (κ1) is 29.8. The molecular weight excluding hydrogens is 497 g/mol. The molecule has 9 nitrogen and oxygen atoms in total. The average molecular weight is 534 g/mol. The maximum Gasteiger partial charge on any atom is 0.475 e. The van der Waals surface area contributed by atoms with Crippen LogP contribution in [-0.2, 0) is 16.0 Å². The summed E-state index contributed by atoms with van der Waals surface area (Å²) in [7, 11) is -1.88. The van der Waals surface area contributed by atoms with E-state index in [1.807, 2.05) is 18.7 Å². The molecule has 1 aromatic carbocycles. The lowest BCUT2D eigenvalue weighted by Crippen LogP contribution is -2.53. The Morgan fingerprint density at radius 3 is 2.58 bits per heavy atom. The van der Waals surface area contributed by atoms with Crippen molar-refractivity contribution in [2.75, 3.05) is 26.2 Å². The van der Waals surface area contributed by atoms with Crippen LogP contribution >= 0.6 is 0 Å². The number of amides is 2. The largest absolute Gasteiger partial charge is 0.475 e. The highest BCUT2D eigenvalue weighted by Gasteiger charge is 2.45. The molecule has 1 unspecified atom stereocenters. The van der Waals surface area contributed by atoms with Gasteiger partial charge in [-0.05, 0) is 70.6 Å². The van der Waals surface area contributed by atoms with E-state index < -0.39 is 48.1 Å². The number of benzene rings is 1. The van der Waals surface area contributed by atoms with E-state index in [1.54, 1.807) is 11.8 Å². The van der Waals surface area contributed by atoms with Crippen molar-refractivity contribution in [3.8, 4) is 6.07 Å². The van der Waals surface area contributed by atoms with E-state index in [-0.39, 0.29) is 31.9 Å². The van der Waals surface area contributed by atoms with E-state index in [2.05, 4.69) is 11.4 Å². The van der Waals surface area contributed by atoms with Crippen LogP contribution in [0.4, 0.5) is 13.6 Å². The Labute approximate surface area is 222 Å². The molecule has 2 aliphatic heterocycles. The molecule has 3 rings (SSSR count). The Kier molecular flexibility index (Phi) is 9.73. The van der Waals surface area contributed by atoms with Crippen molar-refractivity contribution < 1.29 is 33.2 Å². The SMILES string of the molecule is CC(C)(CC(C#N)C(=O)N1CCC[C@]1(C)COC(=O)N[C@@H](Cc1ccc(F)cc1)B(O)O)N1CC[C@@H](F)C1. The number of hydrogen-bond acceptors (Lipinski definition) is 7. The Bertz CT molecular complexity index is 1020. The van der Waals surface area contributed by atoms with Crippen LogP contribution in [0.25, 0.3) is 0 Å². The predicted octanol–water partition coefficient (Wildman–Crippen LogP) is 2.21. The number of ether oxygens (including phenoxy) is 1. The van der Waals surface area contributed by atoms with Crippen LogP contribution < -0.4 is 5.32 Å². The van der Waals surface area contributed by atoms with Gasteiger partial charge in [0, 0.05) is 25.2 Å². The van der Waals surface area contributed by atoms with Crippen LogP contribution in [0.1, 0.15) is 52.0 Å². The monoisotopic (exact) mass is 534 g/mol. The zero-order chi connectivity index (χ0) is 28.1. The van der Waals surface area contributed by atoms with Gasteiger partial charge in [0.1, 0.15) is 24.5 Å². The van der Waals surface area contributed by atoms with E-state index in [4.69, 9.17) is 4.74 Å². The standard InChI is InChI=1S/C26H37BF2N4O5/c1-25(2,32-12-9-21(29)16-32)14-19(15-30)23(34)33-11-4-10-26(33,3)17-38-24(35)31-22(27(36)37)13-18-5-7-20(28)8-6-18/h5-8,19,21-22,36-37H,4,9-14,16-17H2,1-3H3,(H,31,35)/t19?,21-,22+,26-/m1/s1. The maximum absolute atomic E-state index is 13.8. The van der Waals surface area contributed by atoms with Gasteiger partial charge in [0.15, 0.2) is 0 Å². The lowest BCUT2D eigenvalue weighted by molar-refractivity contribution is -0.140. The molecule has 2 aliphatic rings. The molecule has 1 aromatic rings. The minimum Gasteiger partial charge on any atom is -0.447 e. The number of carbonyl (C=O) groups excluding carboxylic acids is 2. The van der Waals surface area contributed by atoms with Gasteiger partial charge in [0.25, 0.3) is 0 Å². The molecule has 2 saturated heterocycles. The maximum atomic E-state index is 13.8. The van der Waals surface area contributed by atoms with Crippen LogP contribution in [0.5, 0.6) is 0 Å². The van der Waals surface area contributed by atoms with Crippen LogP contribution in [0, 0.1) is 23.1 Å². The number of nitrogens with one attached hydrogen (secondary N) is 1. The summed E-state index contributed by atoms with van der Waals surface area (Å²) in [6.07, 6.45) is 0.169. The first-order chi connectivity index (χ1) is 17.8. The highest BCUT2D eigenvalue weighted by Crippen LogP contribution is 2.34. The summed E-state index contributed by atoms with van der Waals surface area (Å²) in [6, 6.07) is 7.56. The van der Waals surface area contributed by atoms with Gasteiger partial charge in [-0.25, -0.2) is 13.6 Å². The first-order valence-corrected chi connectivity index (χ1v) is 13.0. The molecule has 2 fully saturated rings. The van der Waals surface area contributed by atoms with E-state index >= 15 is 0 Å². The Morgan fingerprint density at radius 1 is 1.32 bits per heavy atom. The lowest BCUT2D eigenvalue weighted by Gasteiger charge is -2.39. The summed E-state index contributed by atoms with van der Waals surface area (Å²) in [6.45, 7) is 6.75. The topological polar surface area (TPSA) is 126 Å². The first-order valence-electron chi connectivity index (χ1n) is 13.0.